The van der Waals surface area contributed by atoms with Gasteiger partial charge in [-0.3, -0.25) is 4.79 Å². The Balaban J connectivity index is 2.19. The third-order valence-electron chi connectivity index (χ3n) is 4.62. The first-order chi connectivity index (χ1) is 15.4. The minimum absolute atomic E-state index is 0.0122. The van der Waals surface area contributed by atoms with E-state index in [1.165, 1.54) is 25.1 Å². The van der Waals surface area contributed by atoms with E-state index in [-0.39, 0.29) is 13.0 Å². The first-order valence-corrected chi connectivity index (χ1v) is 10.2. The summed E-state index contributed by atoms with van der Waals surface area (Å²) >= 11 is 5.88. The average molecular weight is 485 g/mol. The fraction of sp³-hybridized carbons (Fsp3) is 0.304. The molecule has 0 spiro atoms. The zero-order valence-electron chi connectivity index (χ0n) is 18.0. The number of allylic oxidation sites excluding steroid dienone is 1. The molecule has 2 aromatic carbocycles. The molecule has 1 amide bonds. The number of hydrogen-bond donors (Lipinski definition) is 3. The molecular formula is C23H24ClF3N2O4. The molecule has 10 heteroatoms. The summed E-state index contributed by atoms with van der Waals surface area (Å²) < 4.78 is 43.6. The van der Waals surface area contributed by atoms with Crippen LogP contribution in [0, 0.1) is 0 Å². The number of carbonyl (C=O) groups is 2. The SMILES string of the molecule is COC(=O)C(C)(O)CNC(=O)/C=C(/Cc1cccc(C(F)(F)F)c1)NCc1ccc(Cl)cc1. The molecule has 3 N–H and O–H groups in total. The molecule has 33 heavy (non-hydrogen) atoms. The number of ether oxygens (including phenoxy) is 1. The molecule has 0 aliphatic carbocycles. The molecule has 0 radical (unpaired) electrons. The molecule has 0 aliphatic rings. The summed E-state index contributed by atoms with van der Waals surface area (Å²) in [7, 11) is 1.10. The summed E-state index contributed by atoms with van der Waals surface area (Å²) in [5.74, 6) is -1.57. The number of aliphatic hydroxyl groups is 1. The molecule has 2 rings (SSSR count). The summed E-state index contributed by atoms with van der Waals surface area (Å²) in [5, 5.41) is 16.0. The maximum atomic E-state index is 13.1. The van der Waals surface area contributed by atoms with E-state index >= 15 is 0 Å². The number of halogens is 4. The van der Waals surface area contributed by atoms with Crippen molar-refractivity contribution < 1.29 is 32.6 Å². The number of hydrogen-bond acceptors (Lipinski definition) is 5. The highest BCUT2D eigenvalue weighted by molar-refractivity contribution is 6.30. The van der Waals surface area contributed by atoms with E-state index in [1.54, 1.807) is 24.3 Å². The normalized spacial score (nSPS) is 13.7. The minimum Gasteiger partial charge on any atom is -0.467 e. The lowest BCUT2D eigenvalue weighted by atomic mass is 10.0. The Morgan fingerprint density at radius 3 is 2.36 bits per heavy atom. The fourth-order valence-corrected chi connectivity index (χ4v) is 2.95. The predicted octanol–water partition coefficient (Wildman–Crippen LogP) is 3.62. The Morgan fingerprint density at radius 1 is 1.09 bits per heavy atom. The van der Waals surface area contributed by atoms with Gasteiger partial charge in [0.1, 0.15) is 0 Å². The first kappa shape index (κ1) is 26.2. The topological polar surface area (TPSA) is 87.7 Å². The Labute approximate surface area is 194 Å². The Hall–Kier alpha value is -3.04. The van der Waals surface area contributed by atoms with Crippen LogP contribution in [0.15, 0.2) is 60.3 Å². The molecule has 1 unspecified atom stereocenters. The van der Waals surface area contributed by atoms with Gasteiger partial charge in [0.05, 0.1) is 19.2 Å². The monoisotopic (exact) mass is 484 g/mol. The highest BCUT2D eigenvalue weighted by Gasteiger charge is 2.32. The summed E-state index contributed by atoms with van der Waals surface area (Å²) in [4.78, 5) is 23.9. The lowest BCUT2D eigenvalue weighted by molar-refractivity contribution is -0.160. The van der Waals surface area contributed by atoms with E-state index in [4.69, 9.17) is 11.6 Å². The van der Waals surface area contributed by atoms with Crippen LogP contribution < -0.4 is 10.6 Å². The molecule has 0 aromatic heterocycles. The molecule has 0 heterocycles. The van der Waals surface area contributed by atoms with E-state index in [0.29, 0.717) is 16.3 Å². The maximum Gasteiger partial charge on any atom is 0.416 e. The van der Waals surface area contributed by atoms with E-state index in [0.717, 1.165) is 24.8 Å². The quantitative estimate of drug-likeness (QED) is 0.374. The summed E-state index contributed by atoms with van der Waals surface area (Å²) in [6.45, 7) is 1.06. The molecule has 6 nitrogen and oxygen atoms in total. The number of benzene rings is 2. The Bertz CT molecular complexity index is 1010. The van der Waals surface area contributed by atoms with Crippen molar-refractivity contribution in [2.24, 2.45) is 0 Å². The smallest absolute Gasteiger partial charge is 0.416 e. The van der Waals surface area contributed by atoms with E-state index in [1.807, 2.05) is 0 Å². The van der Waals surface area contributed by atoms with Crippen LogP contribution in [0.3, 0.4) is 0 Å². The van der Waals surface area contributed by atoms with Crippen LogP contribution in [0.4, 0.5) is 13.2 Å². The van der Waals surface area contributed by atoms with Crippen molar-refractivity contribution in [1.29, 1.82) is 0 Å². The molecule has 0 saturated heterocycles. The number of carbonyl (C=O) groups excluding carboxylic acids is 2. The van der Waals surface area contributed by atoms with Gasteiger partial charge in [0, 0.05) is 29.8 Å². The highest BCUT2D eigenvalue weighted by Crippen LogP contribution is 2.29. The molecule has 1 atom stereocenters. The van der Waals surface area contributed by atoms with Crippen molar-refractivity contribution in [2.75, 3.05) is 13.7 Å². The molecule has 178 valence electrons. The average Bonchev–Trinajstić information content (AvgIpc) is 2.76. The van der Waals surface area contributed by atoms with E-state index < -0.39 is 35.8 Å². The van der Waals surface area contributed by atoms with Crippen LogP contribution >= 0.6 is 11.6 Å². The Morgan fingerprint density at radius 2 is 1.76 bits per heavy atom. The van der Waals surface area contributed by atoms with Gasteiger partial charge in [0.15, 0.2) is 5.60 Å². The van der Waals surface area contributed by atoms with E-state index in [2.05, 4.69) is 15.4 Å². The van der Waals surface area contributed by atoms with Gasteiger partial charge in [-0.05, 0) is 36.2 Å². The molecule has 0 bridgehead atoms. The van der Waals surface area contributed by atoms with Gasteiger partial charge in [-0.1, -0.05) is 41.9 Å². The van der Waals surface area contributed by atoms with Gasteiger partial charge < -0.3 is 20.5 Å². The molecule has 0 aliphatic heterocycles. The van der Waals surface area contributed by atoms with E-state index in [9.17, 15) is 27.9 Å². The number of nitrogens with one attached hydrogen (secondary N) is 2. The van der Waals surface area contributed by atoms with Crippen LogP contribution in [0.25, 0.3) is 0 Å². The standard InChI is InChI=1S/C23H24ClF3N2O4/c1-22(32,21(31)33-2)14-29-20(30)12-19(28-13-15-6-8-18(24)9-7-15)11-16-4-3-5-17(10-16)23(25,26)27/h3-10,12,28,32H,11,13-14H2,1-2H3,(H,29,30)/b19-12-. The summed E-state index contributed by atoms with van der Waals surface area (Å²) in [6.07, 6.45) is -3.31. The molecule has 2 aromatic rings. The van der Waals surface area contributed by atoms with Gasteiger partial charge >= 0.3 is 12.1 Å². The minimum atomic E-state index is -4.49. The van der Waals surface area contributed by atoms with Gasteiger partial charge in [-0.15, -0.1) is 0 Å². The predicted molar refractivity (Wildman–Crippen MR) is 117 cm³/mol. The van der Waals surface area contributed by atoms with Gasteiger partial charge in [0.25, 0.3) is 0 Å². The first-order valence-electron chi connectivity index (χ1n) is 9.84. The van der Waals surface area contributed by atoms with Crippen molar-refractivity contribution in [3.05, 3.63) is 82.0 Å². The lowest BCUT2D eigenvalue weighted by Gasteiger charge is -2.20. The second-order valence-corrected chi connectivity index (χ2v) is 7.94. The lowest BCUT2D eigenvalue weighted by Crippen LogP contribution is -2.47. The highest BCUT2D eigenvalue weighted by atomic mass is 35.5. The summed E-state index contributed by atoms with van der Waals surface area (Å²) in [6, 6.07) is 11.7. The third-order valence-corrected chi connectivity index (χ3v) is 4.87. The van der Waals surface area contributed by atoms with Gasteiger partial charge in [-0.2, -0.15) is 13.2 Å². The molecule has 0 saturated carbocycles. The van der Waals surface area contributed by atoms with Crippen molar-refractivity contribution in [3.8, 4) is 0 Å². The van der Waals surface area contributed by atoms with Crippen molar-refractivity contribution in [2.45, 2.75) is 31.7 Å². The van der Waals surface area contributed by atoms with Crippen LogP contribution in [-0.2, 0) is 33.5 Å². The number of rotatable bonds is 9. The number of alkyl halides is 3. The molecular weight excluding hydrogens is 461 g/mol. The fourth-order valence-electron chi connectivity index (χ4n) is 2.82. The largest absolute Gasteiger partial charge is 0.467 e. The summed E-state index contributed by atoms with van der Waals surface area (Å²) in [5.41, 5.74) is -1.22. The number of amides is 1. The number of methoxy groups -OCH3 is 1. The van der Waals surface area contributed by atoms with Crippen molar-refractivity contribution in [1.82, 2.24) is 10.6 Å². The van der Waals surface area contributed by atoms with Crippen LogP contribution in [0.5, 0.6) is 0 Å². The third kappa shape index (κ3) is 8.43. The zero-order valence-corrected chi connectivity index (χ0v) is 18.8. The maximum absolute atomic E-state index is 13.1. The molecule has 0 fully saturated rings. The van der Waals surface area contributed by atoms with Crippen LogP contribution in [-0.4, -0.2) is 36.2 Å². The Kier molecular flexibility index (Phi) is 8.90. The second kappa shape index (κ2) is 11.2. The van der Waals surface area contributed by atoms with Crippen LogP contribution in [0.2, 0.25) is 5.02 Å². The van der Waals surface area contributed by atoms with Gasteiger partial charge in [0.2, 0.25) is 5.91 Å². The van der Waals surface area contributed by atoms with Crippen molar-refractivity contribution in [3.63, 3.8) is 0 Å². The second-order valence-electron chi connectivity index (χ2n) is 7.51. The van der Waals surface area contributed by atoms with Crippen molar-refractivity contribution >= 4 is 23.5 Å². The number of esters is 1. The zero-order chi connectivity index (χ0) is 24.6. The van der Waals surface area contributed by atoms with Crippen LogP contribution in [0.1, 0.15) is 23.6 Å². The van der Waals surface area contributed by atoms with Gasteiger partial charge in [-0.25, -0.2) is 4.79 Å².